The fourth-order valence-electron chi connectivity index (χ4n) is 1.10. The highest BCUT2D eigenvalue weighted by atomic mass is 32.1. The van der Waals surface area contributed by atoms with Gasteiger partial charge in [-0.2, -0.15) is 0 Å². The maximum absolute atomic E-state index is 5.53. The molecule has 0 radical (unpaired) electrons. The minimum Gasteiger partial charge on any atom is -0.493 e. The van der Waals surface area contributed by atoms with Crippen molar-refractivity contribution in [3.63, 3.8) is 0 Å². The maximum Gasteiger partial charge on any atom is 0.264 e. The Balaban J connectivity index is 3.04. The molecule has 0 N–H and O–H groups in total. The molecule has 0 amide bonds. The first kappa shape index (κ1) is 12.6. The van der Waals surface area contributed by atoms with Crippen LogP contribution in [0.5, 0.6) is 17.2 Å². The zero-order valence-corrected chi connectivity index (χ0v) is 10.6. The van der Waals surface area contributed by atoms with Crippen LogP contribution < -0.4 is 14.2 Å². The highest BCUT2D eigenvalue weighted by molar-refractivity contribution is 7.80. The summed E-state index contributed by atoms with van der Waals surface area (Å²) in [6.07, 6.45) is 0. The standard InChI is InChI=1S/C11H15NO3S/c1-12(2)11(16)15-10-8(13-3)6-5-7-9(10)14-4/h5-7H,1-4H3. The summed E-state index contributed by atoms with van der Waals surface area (Å²) in [4.78, 5) is 1.70. The molecule has 0 unspecified atom stereocenters. The molecule has 0 saturated carbocycles. The Morgan fingerprint density at radius 3 is 2.00 bits per heavy atom. The van der Waals surface area contributed by atoms with E-state index in [0.717, 1.165) is 0 Å². The maximum atomic E-state index is 5.53. The molecule has 16 heavy (non-hydrogen) atoms. The van der Waals surface area contributed by atoms with Crippen LogP contribution in [0.15, 0.2) is 18.2 Å². The molecule has 0 aliphatic rings. The summed E-state index contributed by atoms with van der Waals surface area (Å²) in [6.45, 7) is 0. The predicted octanol–water partition coefficient (Wildman–Crippen LogP) is 1.93. The van der Waals surface area contributed by atoms with Gasteiger partial charge in [-0.05, 0) is 24.4 Å². The van der Waals surface area contributed by atoms with E-state index in [4.69, 9.17) is 26.4 Å². The average Bonchev–Trinajstić information content (AvgIpc) is 2.29. The van der Waals surface area contributed by atoms with Gasteiger partial charge < -0.3 is 19.1 Å². The van der Waals surface area contributed by atoms with Crippen molar-refractivity contribution in [3.8, 4) is 17.2 Å². The largest absolute Gasteiger partial charge is 0.493 e. The first-order valence-electron chi connectivity index (χ1n) is 4.70. The van der Waals surface area contributed by atoms with E-state index in [-0.39, 0.29) is 0 Å². The summed E-state index contributed by atoms with van der Waals surface area (Å²) in [5.41, 5.74) is 0. The lowest BCUT2D eigenvalue weighted by atomic mass is 10.3. The Morgan fingerprint density at radius 1 is 1.12 bits per heavy atom. The second-order valence-electron chi connectivity index (χ2n) is 3.25. The molecule has 1 aromatic rings. The molecule has 0 aliphatic heterocycles. The van der Waals surface area contributed by atoms with Crippen LogP contribution >= 0.6 is 12.2 Å². The number of thiocarbonyl (C=S) groups is 1. The Bertz CT molecular complexity index is 357. The highest BCUT2D eigenvalue weighted by Gasteiger charge is 2.14. The number of hydrogen-bond donors (Lipinski definition) is 0. The number of nitrogens with zero attached hydrogens (tertiary/aromatic N) is 1. The van der Waals surface area contributed by atoms with Gasteiger partial charge in [0.1, 0.15) is 0 Å². The minimum atomic E-state index is 0.350. The third kappa shape index (κ3) is 2.76. The van der Waals surface area contributed by atoms with Gasteiger partial charge in [0.05, 0.1) is 14.2 Å². The summed E-state index contributed by atoms with van der Waals surface area (Å²) < 4.78 is 15.9. The third-order valence-corrected chi connectivity index (χ3v) is 2.39. The monoisotopic (exact) mass is 241 g/mol. The lowest BCUT2D eigenvalue weighted by Crippen LogP contribution is -2.25. The number of para-hydroxylation sites is 1. The van der Waals surface area contributed by atoms with Crippen molar-refractivity contribution in [1.82, 2.24) is 4.90 Å². The summed E-state index contributed by atoms with van der Waals surface area (Å²) in [7, 11) is 6.76. The zero-order valence-electron chi connectivity index (χ0n) is 9.81. The fourth-order valence-corrected chi connectivity index (χ4v) is 1.18. The van der Waals surface area contributed by atoms with E-state index in [1.807, 2.05) is 20.2 Å². The summed E-state index contributed by atoms with van der Waals surface area (Å²) in [5.74, 6) is 1.67. The van der Waals surface area contributed by atoms with Gasteiger partial charge in [0.25, 0.3) is 5.17 Å². The van der Waals surface area contributed by atoms with Crippen molar-refractivity contribution >= 4 is 17.4 Å². The topological polar surface area (TPSA) is 30.9 Å². The number of rotatable bonds is 3. The smallest absolute Gasteiger partial charge is 0.264 e. The average molecular weight is 241 g/mol. The zero-order chi connectivity index (χ0) is 12.1. The predicted molar refractivity (Wildman–Crippen MR) is 66.5 cm³/mol. The molecular formula is C11H15NO3S. The van der Waals surface area contributed by atoms with E-state index < -0.39 is 0 Å². The molecule has 4 nitrogen and oxygen atoms in total. The van der Waals surface area contributed by atoms with E-state index in [2.05, 4.69) is 0 Å². The van der Waals surface area contributed by atoms with Crippen LogP contribution in [0.1, 0.15) is 0 Å². The summed E-state index contributed by atoms with van der Waals surface area (Å²) in [5, 5.41) is 0.350. The Morgan fingerprint density at radius 2 is 1.62 bits per heavy atom. The Kier molecular flexibility index (Phi) is 4.37. The van der Waals surface area contributed by atoms with Crippen LogP contribution in [0.25, 0.3) is 0 Å². The fraction of sp³-hybridized carbons (Fsp3) is 0.364. The minimum absolute atomic E-state index is 0.350. The molecule has 1 aromatic carbocycles. The lowest BCUT2D eigenvalue weighted by Gasteiger charge is -2.17. The SMILES string of the molecule is COc1cccc(OC)c1OC(=S)N(C)C. The number of ether oxygens (including phenoxy) is 3. The highest BCUT2D eigenvalue weighted by Crippen LogP contribution is 2.36. The van der Waals surface area contributed by atoms with Gasteiger partial charge in [-0.15, -0.1) is 0 Å². The number of benzene rings is 1. The first-order chi connectivity index (χ1) is 7.60. The van der Waals surface area contributed by atoms with E-state index in [0.29, 0.717) is 22.4 Å². The third-order valence-electron chi connectivity index (χ3n) is 1.94. The van der Waals surface area contributed by atoms with Gasteiger partial charge in [-0.3, -0.25) is 0 Å². The van der Waals surface area contributed by atoms with Gasteiger partial charge in [0.15, 0.2) is 11.5 Å². The van der Waals surface area contributed by atoms with Crippen LogP contribution in [0, 0.1) is 0 Å². The van der Waals surface area contributed by atoms with Crippen molar-refractivity contribution in [2.45, 2.75) is 0 Å². The van der Waals surface area contributed by atoms with Crippen molar-refractivity contribution in [3.05, 3.63) is 18.2 Å². The van der Waals surface area contributed by atoms with Crippen molar-refractivity contribution < 1.29 is 14.2 Å². The molecular weight excluding hydrogens is 226 g/mol. The molecule has 0 heterocycles. The number of hydrogen-bond acceptors (Lipinski definition) is 4. The molecule has 0 aromatic heterocycles. The molecule has 0 fully saturated rings. The molecule has 0 spiro atoms. The molecule has 0 aliphatic carbocycles. The molecule has 0 bridgehead atoms. The molecule has 1 rings (SSSR count). The lowest BCUT2D eigenvalue weighted by molar-refractivity contribution is 0.347. The number of methoxy groups -OCH3 is 2. The quantitative estimate of drug-likeness (QED) is 0.755. The van der Waals surface area contributed by atoms with Crippen LogP contribution in [0.3, 0.4) is 0 Å². The van der Waals surface area contributed by atoms with Gasteiger partial charge >= 0.3 is 0 Å². The normalized spacial score (nSPS) is 9.50. The van der Waals surface area contributed by atoms with Crippen LogP contribution in [-0.4, -0.2) is 38.4 Å². The van der Waals surface area contributed by atoms with E-state index in [1.165, 1.54) is 0 Å². The van der Waals surface area contributed by atoms with Gasteiger partial charge in [-0.25, -0.2) is 0 Å². The summed E-state index contributed by atoms with van der Waals surface area (Å²) in [6, 6.07) is 5.40. The van der Waals surface area contributed by atoms with Crippen LogP contribution in [-0.2, 0) is 0 Å². The van der Waals surface area contributed by atoms with Crippen LogP contribution in [0.4, 0.5) is 0 Å². The molecule has 88 valence electrons. The second kappa shape index (κ2) is 5.55. The van der Waals surface area contributed by atoms with E-state index in [9.17, 15) is 0 Å². The van der Waals surface area contributed by atoms with Crippen LogP contribution in [0.2, 0.25) is 0 Å². The Hall–Kier alpha value is -1.49. The van der Waals surface area contributed by atoms with E-state index in [1.54, 1.807) is 31.3 Å². The van der Waals surface area contributed by atoms with Gasteiger partial charge in [-0.1, -0.05) is 6.07 Å². The molecule has 0 saturated heterocycles. The second-order valence-corrected chi connectivity index (χ2v) is 3.60. The van der Waals surface area contributed by atoms with E-state index >= 15 is 0 Å². The molecule has 5 heteroatoms. The Labute approximate surface area is 101 Å². The molecule has 0 atom stereocenters. The van der Waals surface area contributed by atoms with Crippen molar-refractivity contribution in [2.24, 2.45) is 0 Å². The van der Waals surface area contributed by atoms with Crippen molar-refractivity contribution in [1.29, 1.82) is 0 Å². The summed E-state index contributed by atoms with van der Waals surface area (Å²) >= 11 is 5.07. The first-order valence-corrected chi connectivity index (χ1v) is 5.11. The van der Waals surface area contributed by atoms with Gasteiger partial charge in [0.2, 0.25) is 5.75 Å². The van der Waals surface area contributed by atoms with Gasteiger partial charge in [0, 0.05) is 14.1 Å². The van der Waals surface area contributed by atoms with Crippen molar-refractivity contribution in [2.75, 3.05) is 28.3 Å².